The molecule has 90 valence electrons. The van der Waals surface area contributed by atoms with Gasteiger partial charge >= 0.3 is 0 Å². The molecule has 0 aliphatic rings. The average Bonchev–Trinajstić information content (AvgIpc) is 2.77. The van der Waals surface area contributed by atoms with E-state index >= 15 is 0 Å². The van der Waals surface area contributed by atoms with E-state index in [4.69, 9.17) is 10.3 Å². The van der Waals surface area contributed by atoms with E-state index in [1.807, 2.05) is 18.2 Å². The van der Waals surface area contributed by atoms with Crippen LogP contribution in [-0.2, 0) is 6.42 Å². The van der Waals surface area contributed by atoms with Gasteiger partial charge in [0, 0.05) is 11.9 Å². The van der Waals surface area contributed by atoms with Crippen LogP contribution in [0, 0.1) is 0 Å². The molecule has 3 N–H and O–H groups in total. The van der Waals surface area contributed by atoms with Crippen molar-refractivity contribution >= 4 is 0 Å². The van der Waals surface area contributed by atoms with Gasteiger partial charge in [0.15, 0.2) is 5.82 Å². The van der Waals surface area contributed by atoms with Gasteiger partial charge in [-0.3, -0.25) is 4.98 Å². The summed E-state index contributed by atoms with van der Waals surface area (Å²) in [4.78, 5) is 8.28. The monoisotopic (exact) mass is 234 g/mol. The maximum atomic E-state index is 9.31. The molecule has 0 fully saturated rings. The molecule has 2 unspecified atom stereocenters. The first-order valence-corrected chi connectivity index (χ1v) is 5.33. The summed E-state index contributed by atoms with van der Waals surface area (Å²) in [5, 5.41) is 13.1. The zero-order valence-electron chi connectivity index (χ0n) is 9.45. The summed E-state index contributed by atoms with van der Waals surface area (Å²) < 4.78 is 4.99. The molecule has 0 aromatic carbocycles. The van der Waals surface area contributed by atoms with Crippen molar-refractivity contribution < 1.29 is 9.63 Å². The van der Waals surface area contributed by atoms with Crippen molar-refractivity contribution in [1.29, 1.82) is 0 Å². The molecule has 2 atom stereocenters. The smallest absolute Gasteiger partial charge is 0.246 e. The summed E-state index contributed by atoms with van der Waals surface area (Å²) in [7, 11) is 0. The zero-order valence-corrected chi connectivity index (χ0v) is 9.45. The number of pyridine rings is 1. The van der Waals surface area contributed by atoms with Crippen molar-refractivity contribution in [2.24, 2.45) is 5.73 Å². The maximum absolute atomic E-state index is 9.31. The Morgan fingerprint density at radius 3 is 2.94 bits per heavy atom. The van der Waals surface area contributed by atoms with E-state index in [1.165, 1.54) is 0 Å². The van der Waals surface area contributed by atoms with Gasteiger partial charge in [-0.15, -0.1) is 0 Å². The molecule has 2 aromatic rings. The van der Waals surface area contributed by atoms with E-state index in [9.17, 15) is 5.11 Å². The number of aliphatic hydroxyl groups excluding tert-OH is 1. The standard InChI is InChI=1S/C11H14N4O2/c1-7(16)10(12)11-14-9(15-17-11)6-8-4-2-3-5-13-8/h2-5,7,10,16H,6,12H2,1H3. The van der Waals surface area contributed by atoms with Crippen LogP contribution < -0.4 is 5.73 Å². The largest absolute Gasteiger partial charge is 0.391 e. The third-order valence-electron chi connectivity index (χ3n) is 2.35. The number of hydrogen-bond donors (Lipinski definition) is 2. The minimum Gasteiger partial charge on any atom is -0.391 e. The summed E-state index contributed by atoms with van der Waals surface area (Å²) in [5.74, 6) is 0.751. The molecule has 0 amide bonds. The average molecular weight is 234 g/mol. The summed E-state index contributed by atoms with van der Waals surface area (Å²) in [5.41, 5.74) is 6.53. The van der Waals surface area contributed by atoms with Gasteiger partial charge in [-0.2, -0.15) is 4.98 Å². The number of nitrogens with zero attached hydrogens (tertiary/aromatic N) is 3. The number of rotatable bonds is 4. The Hall–Kier alpha value is -1.79. The summed E-state index contributed by atoms with van der Waals surface area (Å²) in [6.07, 6.45) is 1.47. The molecule has 0 radical (unpaired) electrons. The molecule has 2 rings (SSSR count). The van der Waals surface area contributed by atoms with Gasteiger partial charge in [-0.1, -0.05) is 11.2 Å². The summed E-state index contributed by atoms with van der Waals surface area (Å²) in [6, 6.07) is 4.96. The molecule has 17 heavy (non-hydrogen) atoms. The third-order valence-corrected chi connectivity index (χ3v) is 2.35. The molecule has 2 aromatic heterocycles. The van der Waals surface area contributed by atoms with Crippen molar-refractivity contribution in [2.45, 2.75) is 25.5 Å². The highest BCUT2D eigenvalue weighted by atomic mass is 16.5. The van der Waals surface area contributed by atoms with Gasteiger partial charge in [0.25, 0.3) is 0 Å². The molecular formula is C11H14N4O2. The van der Waals surface area contributed by atoms with E-state index in [-0.39, 0.29) is 5.89 Å². The van der Waals surface area contributed by atoms with Gasteiger partial charge in [0.05, 0.1) is 12.5 Å². The highest BCUT2D eigenvalue weighted by Gasteiger charge is 2.19. The number of hydrogen-bond acceptors (Lipinski definition) is 6. The van der Waals surface area contributed by atoms with Crippen LogP contribution in [0.3, 0.4) is 0 Å². The highest BCUT2D eigenvalue weighted by molar-refractivity contribution is 5.09. The number of nitrogens with two attached hydrogens (primary N) is 1. The Balaban J connectivity index is 2.09. The van der Waals surface area contributed by atoms with Gasteiger partial charge in [0.1, 0.15) is 6.04 Å². The molecule has 0 saturated heterocycles. The first kappa shape index (κ1) is 11.7. The Morgan fingerprint density at radius 2 is 2.29 bits per heavy atom. The SMILES string of the molecule is CC(O)C(N)c1nc(Cc2ccccn2)no1. The molecule has 0 aliphatic carbocycles. The fraction of sp³-hybridized carbons (Fsp3) is 0.364. The second kappa shape index (κ2) is 5.03. The third kappa shape index (κ3) is 2.86. The molecule has 6 nitrogen and oxygen atoms in total. The van der Waals surface area contributed by atoms with E-state index < -0.39 is 12.1 Å². The topological polar surface area (TPSA) is 98.1 Å². The molecule has 2 heterocycles. The van der Waals surface area contributed by atoms with E-state index in [0.29, 0.717) is 12.2 Å². The van der Waals surface area contributed by atoms with Crippen LogP contribution in [0.5, 0.6) is 0 Å². The predicted molar refractivity (Wildman–Crippen MR) is 60.0 cm³/mol. The lowest BCUT2D eigenvalue weighted by Crippen LogP contribution is -2.23. The Kier molecular flexibility index (Phi) is 3.46. The summed E-state index contributed by atoms with van der Waals surface area (Å²) in [6.45, 7) is 1.58. The van der Waals surface area contributed by atoms with E-state index in [1.54, 1.807) is 13.1 Å². The first-order chi connectivity index (χ1) is 8.16. The number of aliphatic hydroxyl groups is 1. The Labute approximate surface area is 98.5 Å². The lowest BCUT2D eigenvalue weighted by atomic mass is 10.2. The molecule has 0 bridgehead atoms. The minimum atomic E-state index is -0.724. The van der Waals surface area contributed by atoms with Crippen LogP contribution in [0.4, 0.5) is 0 Å². The van der Waals surface area contributed by atoms with E-state index in [2.05, 4.69) is 15.1 Å². The molecule has 6 heteroatoms. The Morgan fingerprint density at radius 1 is 1.47 bits per heavy atom. The fourth-order valence-corrected chi connectivity index (χ4v) is 1.35. The van der Waals surface area contributed by atoms with Crippen LogP contribution in [0.2, 0.25) is 0 Å². The maximum Gasteiger partial charge on any atom is 0.246 e. The van der Waals surface area contributed by atoms with Crippen molar-refractivity contribution in [3.05, 3.63) is 41.8 Å². The lowest BCUT2D eigenvalue weighted by Gasteiger charge is -2.08. The molecule has 0 aliphatic heterocycles. The second-order valence-corrected chi connectivity index (χ2v) is 3.81. The number of aromatic nitrogens is 3. The van der Waals surface area contributed by atoms with Crippen LogP contribution in [-0.4, -0.2) is 26.3 Å². The van der Waals surface area contributed by atoms with Crippen LogP contribution >= 0.6 is 0 Å². The quantitative estimate of drug-likeness (QED) is 0.796. The predicted octanol–water partition coefficient (Wildman–Crippen LogP) is 0.436. The van der Waals surface area contributed by atoms with Crippen LogP contribution in [0.15, 0.2) is 28.9 Å². The van der Waals surface area contributed by atoms with E-state index in [0.717, 1.165) is 5.69 Å². The van der Waals surface area contributed by atoms with Gasteiger partial charge in [-0.05, 0) is 19.1 Å². The van der Waals surface area contributed by atoms with Gasteiger partial charge in [0.2, 0.25) is 5.89 Å². The van der Waals surface area contributed by atoms with Crippen molar-refractivity contribution in [3.63, 3.8) is 0 Å². The minimum absolute atomic E-state index is 0.242. The first-order valence-electron chi connectivity index (χ1n) is 5.33. The Bertz CT molecular complexity index is 469. The highest BCUT2D eigenvalue weighted by Crippen LogP contribution is 2.12. The molecular weight excluding hydrogens is 220 g/mol. The molecule has 0 saturated carbocycles. The fourth-order valence-electron chi connectivity index (χ4n) is 1.35. The van der Waals surface area contributed by atoms with Crippen LogP contribution in [0.25, 0.3) is 0 Å². The summed E-state index contributed by atoms with van der Waals surface area (Å²) >= 11 is 0. The van der Waals surface area contributed by atoms with Crippen molar-refractivity contribution in [3.8, 4) is 0 Å². The second-order valence-electron chi connectivity index (χ2n) is 3.81. The van der Waals surface area contributed by atoms with Crippen molar-refractivity contribution in [2.75, 3.05) is 0 Å². The van der Waals surface area contributed by atoms with Crippen LogP contribution in [0.1, 0.15) is 30.4 Å². The van der Waals surface area contributed by atoms with Gasteiger partial charge in [-0.25, -0.2) is 0 Å². The normalized spacial score (nSPS) is 14.5. The lowest BCUT2D eigenvalue weighted by molar-refractivity contribution is 0.146. The van der Waals surface area contributed by atoms with Gasteiger partial charge < -0.3 is 15.4 Å². The molecule has 0 spiro atoms. The zero-order chi connectivity index (χ0) is 12.3. The van der Waals surface area contributed by atoms with Crippen molar-refractivity contribution in [1.82, 2.24) is 15.1 Å².